The number of likely N-dealkylation sites (N-methyl/N-ethyl adjacent to an activating group) is 1. The van der Waals surface area contributed by atoms with Crippen LogP contribution in [0.5, 0.6) is 0 Å². The van der Waals surface area contributed by atoms with Gasteiger partial charge in [0, 0.05) is 13.1 Å². The molecule has 1 saturated heterocycles. The highest BCUT2D eigenvalue weighted by atomic mass is 16.5. The predicted octanol–water partition coefficient (Wildman–Crippen LogP) is 0.764. The van der Waals surface area contributed by atoms with Crippen LogP contribution in [0.25, 0.3) is 0 Å². The summed E-state index contributed by atoms with van der Waals surface area (Å²) in [7, 11) is 0. The molecule has 0 aromatic carbocycles. The quantitative estimate of drug-likeness (QED) is 0.718. The number of hydrogen-bond donors (Lipinski definition) is 2. The minimum atomic E-state index is -0.846. The first kappa shape index (κ1) is 16.4. The summed E-state index contributed by atoms with van der Waals surface area (Å²) in [6.07, 6.45) is 2.73. The molecule has 1 rings (SSSR count). The van der Waals surface area contributed by atoms with Gasteiger partial charge >= 0.3 is 0 Å². The molecule has 1 aliphatic rings. The summed E-state index contributed by atoms with van der Waals surface area (Å²) in [6.45, 7) is 8.83. The first-order valence-corrected chi connectivity index (χ1v) is 7.25. The number of nitrogens with zero attached hydrogens (tertiary/aromatic N) is 1. The molecule has 19 heavy (non-hydrogen) atoms. The zero-order valence-electron chi connectivity index (χ0n) is 12.4. The van der Waals surface area contributed by atoms with Crippen molar-refractivity contribution in [2.45, 2.75) is 51.7 Å². The monoisotopic (exact) mass is 272 g/mol. The molecule has 0 aromatic rings. The molecule has 5 nitrogen and oxygen atoms in total. The third kappa shape index (κ3) is 6.89. The molecule has 2 N–H and O–H groups in total. The van der Waals surface area contributed by atoms with Crippen LogP contribution in [0.4, 0.5) is 0 Å². The van der Waals surface area contributed by atoms with Gasteiger partial charge in [-0.05, 0) is 46.7 Å². The van der Waals surface area contributed by atoms with E-state index >= 15 is 0 Å². The van der Waals surface area contributed by atoms with Crippen LogP contribution in [-0.2, 0) is 9.53 Å². The third-order valence-electron chi connectivity index (χ3n) is 3.27. The van der Waals surface area contributed by atoms with Crippen molar-refractivity contribution in [3.63, 3.8) is 0 Å². The van der Waals surface area contributed by atoms with E-state index in [0.717, 1.165) is 25.9 Å². The lowest BCUT2D eigenvalue weighted by Crippen LogP contribution is -2.42. The van der Waals surface area contributed by atoms with Gasteiger partial charge in [0.1, 0.15) is 0 Å². The van der Waals surface area contributed by atoms with Crippen molar-refractivity contribution in [3.05, 3.63) is 0 Å². The minimum Gasteiger partial charge on any atom is -0.389 e. The molecule has 0 atom stereocenters. The second-order valence-corrected chi connectivity index (χ2v) is 5.79. The SMILES string of the molecule is CCN(CC(C)(C)O)C(=O)CCOC1CCNCC1. The van der Waals surface area contributed by atoms with Gasteiger partial charge in [0.25, 0.3) is 0 Å². The van der Waals surface area contributed by atoms with Crippen molar-refractivity contribution >= 4 is 5.91 Å². The summed E-state index contributed by atoms with van der Waals surface area (Å²) in [5.41, 5.74) is -0.846. The number of aliphatic hydroxyl groups is 1. The molecule has 0 aromatic heterocycles. The fourth-order valence-electron chi connectivity index (χ4n) is 2.28. The summed E-state index contributed by atoms with van der Waals surface area (Å²) in [6, 6.07) is 0. The summed E-state index contributed by atoms with van der Waals surface area (Å²) < 4.78 is 5.73. The van der Waals surface area contributed by atoms with Crippen molar-refractivity contribution in [2.24, 2.45) is 0 Å². The molecule has 112 valence electrons. The summed E-state index contributed by atoms with van der Waals surface area (Å²) in [4.78, 5) is 13.7. The lowest BCUT2D eigenvalue weighted by Gasteiger charge is -2.28. The van der Waals surface area contributed by atoms with Crippen LogP contribution in [0.3, 0.4) is 0 Å². The number of amides is 1. The van der Waals surface area contributed by atoms with Gasteiger partial charge in [-0.2, -0.15) is 0 Å². The number of hydrogen-bond acceptors (Lipinski definition) is 4. The van der Waals surface area contributed by atoms with Gasteiger partial charge in [0.2, 0.25) is 5.91 Å². The highest BCUT2D eigenvalue weighted by Crippen LogP contribution is 2.09. The highest BCUT2D eigenvalue weighted by molar-refractivity contribution is 5.76. The minimum absolute atomic E-state index is 0.0542. The zero-order chi connectivity index (χ0) is 14.3. The lowest BCUT2D eigenvalue weighted by atomic mass is 10.1. The number of rotatable bonds is 7. The molecule has 5 heteroatoms. The van der Waals surface area contributed by atoms with E-state index in [9.17, 15) is 9.90 Å². The Morgan fingerprint density at radius 3 is 2.58 bits per heavy atom. The van der Waals surface area contributed by atoms with E-state index in [0.29, 0.717) is 32.2 Å². The Morgan fingerprint density at radius 1 is 1.42 bits per heavy atom. The average Bonchev–Trinajstić information content (AvgIpc) is 2.36. The van der Waals surface area contributed by atoms with Gasteiger partial charge in [-0.1, -0.05) is 0 Å². The number of carbonyl (C=O) groups is 1. The normalized spacial score (nSPS) is 17.5. The standard InChI is InChI=1S/C14H28N2O3/c1-4-16(11-14(2,3)18)13(17)7-10-19-12-5-8-15-9-6-12/h12,15,18H,4-11H2,1-3H3. The molecule has 0 radical (unpaired) electrons. The molecular weight excluding hydrogens is 244 g/mol. The second-order valence-electron chi connectivity index (χ2n) is 5.79. The summed E-state index contributed by atoms with van der Waals surface area (Å²) >= 11 is 0. The molecule has 1 heterocycles. The number of nitrogens with one attached hydrogen (secondary N) is 1. The van der Waals surface area contributed by atoms with E-state index in [-0.39, 0.29) is 5.91 Å². The van der Waals surface area contributed by atoms with E-state index < -0.39 is 5.60 Å². The Hall–Kier alpha value is -0.650. The molecule has 0 saturated carbocycles. The fourth-order valence-corrected chi connectivity index (χ4v) is 2.28. The van der Waals surface area contributed by atoms with Gasteiger partial charge < -0.3 is 20.1 Å². The predicted molar refractivity (Wildman–Crippen MR) is 75.0 cm³/mol. The molecule has 0 spiro atoms. The van der Waals surface area contributed by atoms with Gasteiger partial charge in [-0.15, -0.1) is 0 Å². The summed E-state index contributed by atoms with van der Waals surface area (Å²) in [5, 5.41) is 13.0. The Balaban J connectivity index is 2.24. The highest BCUT2D eigenvalue weighted by Gasteiger charge is 2.21. The summed E-state index contributed by atoms with van der Waals surface area (Å²) in [5.74, 6) is 0.0542. The fraction of sp³-hybridized carbons (Fsp3) is 0.929. The first-order chi connectivity index (χ1) is 8.92. The van der Waals surface area contributed by atoms with Gasteiger partial charge in [-0.3, -0.25) is 4.79 Å². The van der Waals surface area contributed by atoms with E-state index in [1.807, 2.05) is 6.92 Å². The van der Waals surface area contributed by atoms with E-state index in [1.54, 1.807) is 18.7 Å². The van der Waals surface area contributed by atoms with Crippen molar-refractivity contribution in [1.29, 1.82) is 0 Å². The molecule has 1 aliphatic heterocycles. The topological polar surface area (TPSA) is 61.8 Å². The average molecular weight is 272 g/mol. The number of carbonyl (C=O) groups excluding carboxylic acids is 1. The van der Waals surface area contributed by atoms with Crippen LogP contribution >= 0.6 is 0 Å². The van der Waals surface area contributed by atoms with Crippen molar-refractivity contribution in [2.75, 3.05) is 32.8 Å². The maximum absolute atomic E-state index is 12.0. The molecule has 1 fully saturated rings. The van der Waals surface area contributed by atoms with Crippen molar-refractivity contribution < 1.29 is 14.6 Å². The first-order valence-electron chi connectivity index (χ1n) is 7.25. The maximum atomic E-state index is 12.0. The molecule has 0 unspecified atom stereocenters. The van der Waals surface area contributed by atoms with Gasteiger partial charge in [0.15, 0.2) is 0 Å². The van der Waals surface area contributed by atoms with E-state index in [2.05, 4.69) is 5.32 Å². The van der Waals surface area contributed by atoms with Crippen LogP contribution < -0.4 is 5.32 Å². The van der Waals surface area contributed by atoms with Crippen LogP contribution in [0.1, 0.15) is 40.0 Å². The maximum Gasteiger partial charge on any atom is 0.224 e. The smallest absolute Gasteiger partial charge is 0.224 e. The molecule has 0 aliphatic carbocycles. The Labute approximate surface area is 116 Å². The zero-order valence-corrected chi connectivity index (χ0v) is 12.4. The van der Waals surface area contributed by atoms with Crippen molar-refractivity contribution in [3.8, 4) is 0 Å². The number of piperidine rings is 1. The van der Waals surface area contributed by atoms with E-state index in [4.69, 9.17) is 4.74 Å². The van der Waals surface area contributed by atoms with Crippen LogP contribution in [0, 0.1) is 0 Å². The van der Waals surface area contributed by atoms with Crippen molar-refractivity contribution in [1.82, 2.24) is 10.2 Å². The molecule has 0 bridgehead atoms. The van der Waals surface area contributed by atoms with Crippen LogP contribution in [-0.4, -0.2) is 60.4 Å². The second kappa shape index (κ2) is 7.82. The van der Waals surface area contributed by atoms with Crippen LogP contribution in [0.2, 0.25) is 0 Å². The van der Waals surface area contributed by atoms with Gasteiger partial charge in [-0.25, -0.2) is 0 Å². The molecular formula is C14H28N2O3. The Morgan fingerprint density at radius 2 is 2.05 bits per heavy atom. The van der Waals surface area contributed by atoms with Crippen LogP contribution in [0.15, 0.2) is 0 Å². The Bertz CT molecular complexity index is 270. The largest absolute Gasteiger partial charge is 0.389 e. The molecule has 1 amide bonds. The van der Waals surface area contributed by atoms with E-state index in [1.165, 1.54) is 0 Å². The third-order valence-corrected chi connectivity index (χ3v) is 3.27. The number of ether oxygens (including phenoxy) is 1. The van der Waals surface area contributed by atoms with Gasteiger partial charge in [0.05, 0.1) is 24.7 Å². The Kier molecular flexibility index (Phi) is 6.75. The lowest BCUT2D eigenvalue weighted by molar-refractivity contribution is -0.135.